The molecular formula is C12H18N2O2. The molecule has 0 heterocycles. The molecule has 0 fully saturated rings. The number of benzene rings is 1. The van der Waals surface area contributed by atoms with Crippen LogP contribution in [-0.4, -0.2) is 12.6 Å². The summed E-state index contributed by atoms with van der Waals surface area (Å²) in [4.78, 5) is 10.7. The summed E-state index contributed by atoms with van der Waals surface area (Å²) in [5.41, 5.74) is 6.69. The Morgan fingerprint density at radius 2 is 2.19 bits per heavy atom. The monoisotopic (exact) mass is 222 g/mol. The minimum atomic E-state index is -0.557. The molecule has 0 saturated heterocycles. The Balaban J connectivity index is 2.70. The summed E-state index contributed by atoms with van der Waals surface area (Å²) in [6, 6.07) is 4.93. The number of nitrogens with one attached hydrogen (secondary N) is 1. The lowest BCUT2D eigenvalue weighted by molar-refractivity contribution is 0.259. The van der Waals surface area contributed by atoms with E-state index in [1.807, 2.05) is 19.1 Å². The number of hydrogen-bond acceptors (Lipinski definition) is 2. The minimum Gasteiger partial charge on any atom is -0.493 e. The molecule has 0 aliphatic rings. The molecule has 0 bridgehead atoms. The normalized spacial score (nSPS) is 10.2. The minimum absolute atomic E-state index is 0.490. The number of carbonyl (C=O) groups is 1. The summed E-state index contributed by atoms with van der Waals surface area (Å²) in [5.74, 6) is 1.30. The molecule has 2 amide bonds. The van der Waals surface area contributed by atoms with Gasteiger partial charge < -0.3 is 15.8 Å². The van der Waals surface area contributed by atoms with Crippen LogP contribution >= 0.6 is 0 Å². The van der Waals surface area contributed by atoms with Gasteiger partial charge in [-0.3, -0.25) is 0 Å². The number of amides is 2. The molecule has 0 radical (unpaired) electrons. The van der Waals surface area contributed by atoms with Crippen molar-refractivity contribution in [2.45, 2.75) is 20.8 Å². The van der Waals surface area contributed by atoms with E-state index in [9.17, 15) is 4.79 Å². The smallest absolute Gasteiger partial charge is 0.316 e. The first-order chi connectivity index (χ1) is 7.49. The first-order valence-corrected chi connectivity index (χ1v) is 5.29. The highest BCUT2D eigenvalue weighted by molar-refractivity contribution is 5.88. The predicted molar refractivity (Wildman–Crippen MR) is 64.7 cm³/mol. The van der Waals surface area contributed by atoms with Gasteiger partial charge in [0.25, 0.3) is 0 Å². The summed E-state index contributed by atoms with van der Waals surface area (Å²) in [5, 5.41) is 2.55. The number of anilines is 1. The van der Waals surface area contributed by atoms with Gasteiger partial charge in [-0.25, -0.2) is 4.79 Å². The molecule has 88 valence electrons. The van der Waals surface area contributed by atoms with E-state index in [-0.39, 0.29) is 0 Å². The number of aryl methyl sites for hydroxylation is 1. The third-order valence-electron chi connectivity index (χ3n) is 2.04. The van der Waals surface area contributed by atoms with Crippen LogP contribution in [0.3, 0.4) is 0 Å². The van der Waals surface area contributed by atoms with Gasteiger partial charge in [-0.15, -0.1) is 0 Å². The van der Waals surface area contributed by atoms with Crippen molar-refractivity contribution < 1.29 is 9.53 Å². The summed E-state index contributed by atoms with van der Waals surface area (Å²) >= 11 is 0. The van der Waals surface area contributed by atoms with Crippen molar-refractivity contribution in [1.29, 1.82) is 0 Å². The Labute approximate surface area is 95.8 Å². The molecule has 0 aliphatic heterocycles. The molecular weight excluding hydrogens is 204 g/mol. The lowest BCUT2D eigenvalue weighted by Gasteiger charge is -2.11. The van der Waals surface area contributed by atoms with Crippen molar-refractivity contribution in [2.75, 3.05) is 11.9 Å². The molecule has 1 aromatic carbocycles. The standard InChI is InChI=1S/C12H18N2O2/c1-8(2)7-16-10-4-5-11(9(3)6-10)14-12(13)15/h4-6,8H,7H2,1-3H3,(H3,13,14,15). The molecule has 0 aliphatic carbocycles. The van der Waals surface area contributed by atoms with E-state index in [0.717, 1.165) is 11.3 Å². The number of rotatable bonds is 4. The third-order valence-corrected chi connectivity index (χ3v) is 2.04. The van der Waals surface area contributed by atoms with E-state index in [1.165, 1.54) is 0 Å². The van der Waals surface area contributed by atoms with Gasteiger partial charge in [0.1, 0.15) is 5.75 Å². The topological polar surface area (TPSA) is 64.3 Å². The fourth-order valence-electron chi connectivity index (χ4n) is 1.26. The fraction of sp³-hybridized carbons (Fsp3) is 0.417. The molecule has 0 aromatic heterocycles. The summed E-state index contributed by atoms with van der Waals surface area (Å²) in [6.45, 7) is 6.77. The van der Waals surface area contributed by atoms with Crippen molar-refractivity contribution in [3.05, 3.63) is 23.8 Å². The van der Waals surface area contributed by atoms with Gasteiger partial charge in [-0.05, 0) is 36.6 Å². The average molecular weight is 222 g/mol. The maximum atomic E-state index is 10.7. The molecule has 3 N–H and O–H groups in total. The fourth-order valence-corrected chi connectivity index (χ4v) is 1.26. The van der Waals surface area contributed by atoms with Crippen LogP contribution in [0.5, 0.6) is 5.75 Å². The Bertz CT molecular complexity index is 375. The van der Waals surface area contributed by atoms with Crippen LogP contribution in [0.25, 0.3) is 0 Å². The molecule has 0 saturated carbocycles. The summed E-state index contributed by atoms with van der Waals surface area (Å²) in [6.07, 6.45) is 0. The highest BCUT2D eigenvalue weighted by Gasteiger charge is 2.03. The van der Waals surface area contributed by atoms with Gasteiger partial charge in [0, 0.05) is 5.69 Å². The quantitative estimate of drug-likeness (QED) is 0.822. The van der Waals surface area contributed by atoms with Crippen LogP contribution < -0.4 is 15.8 Å². The largest absolute Gasteiger partial charge is 0.493 e. The van der Waals surface area contributed by atoms with Crippen LogP contribution in [0.4, 0.5) is 10.5 Å². The zero-order valence-electron chi connectivity index (χ0n) is 9.91. The highest BCUT2D eigenvalue weighted by Crippen LogP contribution is 2.21. The van der Waals surface area contributed by atoms with E-state index in [0.29, 0.717) is 18.2 Å². The van der Waals surface area contributed by atoms with Gasteiger partial charge in [0.05, 0.1) is 6.61 Å². The van der Waals surface area contributed by atoms with Gasteiger partial charge in [-0.1, -0.05) is 13.8 Å². The van der Waals surface area contributed by atoms with Crippen molar-refractivity contribution in [3.63, 3.8) is 0 Å². The van der Waals surface area contributed by atoms with E-state index in [1.54, 1.807) is 6.07 Å². The maximum absolute atomic E-state index is 10.7. The maximum Gasteiger partial charge on any atom is 0.316 e. The van der Waals surface area contributed by atoms with Crippen molar-refractivity contribution in [3.8, 4) is 5.75 Å². The molecule has 4 nitrogen and oxygen atoms in total. The predicted octanol–water partition coefficient (Wildman–Crippen LogP) is 2.52. The number of primary amides is 1. The molecule has 1 aromatic rings. The zero-order chi connectivity index (χ0) is 12.1. The average Bonchev–Trinajstić information content (AvgIpc) is 2.18. The SMILES string of the molecule is Cc1cc(OCC(C)C)ccc1NC(N)=O. The van der Waals surface area contributed by atoms with E-state index < -0.39 is 6.03 Å². The molecule has 1 rings (SSSR count). The second-order valence-electron chi connectivity index (χ2n) is 4.17. The first-order valence-electron chi connectivity index (χ1n) is 5.29. The number of carbonyl (C=O) groups excluding carboxylic acids is 1. The number of nitrogens with two attached hydrogens (primary N) is 1. The van der Waals surface area contributed by atoms with Crippen molar-refractivity contribution in [1.82, 2.24) is 0 Å². The van der Waals surface area contributed by atoms with Gasteiger partial charge in [0.2, 0.25) is 0 Å². The molecule has 0 atom stereocenters. The van der Waals surface area contributed by atoms with E-state index >= 15 is 0 Å². The van der Waals surface area contributed by atoms with E-state index in [4.69, 9.17) is 10.5 Å². The Kier molecular flexibility index (Phi) is 4.17. The lowest BCUT2D eigenvalue weighted by atomic mass is 10.2. The Hall–Kier alpha value is -1.71. The Morgan fingerprint density at radius 3 is 2.69 bits per heavy atom. The number of urea groups is 1. The lowest BCUT2D eigenvalue weighted by Crippen LogP contribution is -2.19. The summed E-state index contributed by atoms with van der Waals surface area (Å²) < 4.78 is 5.56. The van der Waals surface area contributed by atoms with Crippen LogP contribution in [-0.2, 0) is 0 Å². The third kappa shape index (κ3) is 3.81. The van der Waals surface area contributed by atoms with Gasteiger partial charge >= 0.3 is 6.03 Å². The summed E-state index contributed by atoms with van der Waals surface area (Å²) in [7, 11) is 0. The molecule has 0 unspecified atom stereocenters. The van der Waals surface area contributed by atoms with Crippen LogP contribution in [0, 0.1) is 12.8 Å². The second-order valence-corrected chi connectivity index (χ2v) is 4.17. The van der Waals surface area contributed by atoms with E-state index in [2.05, 4.69) is 19.2 Å². The Morgan fingerprint density at radius 1 is 1.50 bits per heavy atom. The van der Waals surface area contributed by atoms with Gasteiger partial charge in [0.15, 0.2) is 0 Å². The van der Waals surface area contributed by atoms with Crippen LogP contribution in [0.2, 0.25) is 0 Å². The van der Waals surface area contributed by atoms with Crippen LogP contribution in [0.15, 0.2) is 18.2 Å². The van der Waals surface area contributed by atoms with Gasteiger partial charge in [-0.2, -0.15) is 0 Å². The molecule has 16 heavy (non-hydrogen) atoms. The molecule has 4 heteroatoms. The zero-order valence-corrected chi connectivity index (χ0v) is 9.91. The highest BCUT2D eigenvalue weighted by atomic mass is 16.5. The van der Waals surface area contributed by atoms with Crippen LogP contribution in [0.1, 0.15) is 19.4 Å². The number of ether oxygens (including phenoxy) is 1. The van der Waals surface area contributed by atoms with Crippen molar-refractivity contribution >= 4 is 11.7 Å². The molecule has 0 spiro atoms. The number of hydrogen-bond donors (Lipinski definition) is 2. The van der Waals surface area contributed by atoms with Crippen molar-refractivity contribution in [2.24, 2.45) is 11.7 Å². The first kappa shape index (κ1) is 12.4. The second kappa shape index (κ2) is 5.39.